The lowest BCUT2D eigenvalue weighted by atomic mass is 9.94. The lowest BCUT2D eigenvalue weighted by Crippen LogP contribution is -2.59. The summed E-state index contributed by atoms with van der Waals surface area (Å²) < 4.78 is 0. The second kappa shape index (κ2) is 4.33. The van der Waals surface area contributed by atoms with Gasteiger partial charge in [-0.2, -0.15) is 0 Å². The monoisotopic (exact) mass is 192 g/mol. The van der Waals surface area contributed by atoms with E-state index in [9.17, 15) is 0 Å². The molecule has 2 aliphatic rings. The van der Waals surface area contributed by atoms with Crippen molar-refractivity contribution in [1.82, 2.24) is 10.2 Å². The summed E-state index contributed by atoms with van der Waals surface area (Å²) in [4.78, 5) is 2.53. The van der Waals surface area contributed by atoms with Crippen molar-refractivity contribution in [3.8, 4) is 12.3 Å². The molecule has 0 radical (unpaired) electrons. The minimum atomic E-state index is 0.451. The molecule has 2 heteroatoms. The first-order valence-electron chi connectivity index (χ1n) is 5.76. The zero-order chi connectivity index (χ0) is 9.86. The summed E-state index contributed by atoms with van der Waals surface area (Å²) in [6.07, 6.45) is 11.7. The Bertz CT molecular complexity index is 223. The van der Waals surface area contributed by atoms with Crippen molar-refractivity contribution in [3.05, 3.63) is 0 Å². The van der Waals surface area contributed by atoms with Crippen LogP contribution in [0.3, 0.4) is 0 Å². The van der Waals surface area contributed by atoms with Crippen LogP contribution in [0, 0.1) is 12.3 Å². The van der Waals surface area contributed by atoms with E-state index in [4.69, 9.17) is 6.42 Å². The number of piperazine rings is 1. The molecule has 1 spiro atoms. The quantitative estimate of drug-likeness (QED) is 0.662. The Morgan fingerprint density at radius 2 is 2.14 bits per heavy atom. The third-order valence-corrected chi connectivity index (χ3v) is 3.59. The van der Waals surface area contributed by atoms with Crippen molar-refractivity contribution < 1.29 is 0 Å². The average Bonchev–Trinajstić information content (AvgIpc) is 2.63. The number of nitrogens with one attached hydrogen (secondary N) is 1. The Morgan fingerprint density at radius 1 is 1.36 bits per heavy atom. The molecule has 1 saturated heterocycles. The summed E-state index contributed by atoms with van der Waals surface area (Å²) in [6.45, 7) is 4.61. The minimum absolute atomic E-state index is 0.451. The largest absolute Gasteiger partial charge is 0.309 e. The van der Waals surface area contributed by atoms with Gasteiger partial charge in [0.2, 0.25) is 0 Å². The van der Waals surface area contributed by atoms with Gasteiger partial charge in [-0.05, 0) is 12.8 Å². The van der Waals surface area contributed by atoms with E-state index in [0.29, 0.717) is 5.54 Å². The van der Waals surface area contributed by atoms with E-state index >= 15 is 0 Å². The van der Waals surface area contributed by atoms with E-state index in [0.717, 1.165) is 19.5 Å². The maximum Gasteiger partial charge on any atom is 0.0309 e. The van der Waals surface area contributed by atoms with Crippen molar-refractivity contribution in [3.63, 3.8) is 0 Å². The van der Waals surface area contributed by atoms with Crippen LogP contribution in [0.15, 0.2) is 0 Å². The van der Waals surface area contributed by atoms with E-state index in [1.165, 1.54) is 38.8 Å². The first-order chi connectivity index (χ1) is 6.85. The van der Waals surface area contributed by atoms with Gasteiger partial charge in [0.05, 0.1) is 0 Å². The topological polar surface area (TPSA) is 15.3 Å². The van der Waals surface area contributed by atoms with Crippen molar-refractivity contribution in [1.29, 1.82) is 0 Å². The van der Waals surface area contributed by atoms with Gasteiger partial charge in [0, 0.05) is 38.1 Å². The fourth-order valence-electron chi connectivity index (χ4n) is 2.84. The van der Waals surface area contributed by atoms with E-state index in [2.05, 4.69) is 16.1 Å². The van der Waals surface area contributed by atoms with Gasteiger partial charge < -0.3 is 5.32 Å². The van der Waals surface area contributed by atoms with Gasteiger partial charge in [-0.3, -0.25) is 4.90 Å². The summed E-state index contributed by atoms with van der Waals surface area (Å²) in [6, 6.07) is 0. The van der Waals surface area contributed by atoms with E-state index in [1.807, 2.05) is 0 Å². The first kappa shape index (κ1) is 10.0. The normalized spacial score (nSPS) is 26.5. The van der Waals surface area contributed by atoms with Crippen molar-refractivity contribution >= 4 is 0 Å². The molecule has 1 N–H and O–H groups in total. The second-order valence-corrected chi connectivity index (χ2v) is 4.64. The van der Waals surface area contributed by atoms with Crippen LogP contribution in [-0.2, 0) is 0 Å². The molecule has 0 aromatic rings. The molecule has 0 unspecified atom stereocenters. The minimum Gasteiger partial charge on any atom is -0.309 e. The van der Waals surface area contributed by atoms with Gasteiger partial charge in [-0.25, -0.2) is 0 Å². The molecule has 78 valence electrons. The van der Waals surface area contributed by atoms with Gasteiger partial charge in [0.1, 0.15) is 0 Å². The fraction of sp³-hybridized carbons (Fsp3) is 0.833. The van der Waals surface area contributed by atoms with Crippen LogP contribution in [0.1, 0.15) is 32.1 Å². The molecule has 1 aliphatic carbocycles. The summed E-state index contributed by atoms with van der Waals surface area (Å²) in [5.41, 5.74) is 0.451. The highest BCUT2D eigenvalue weighted by atomic mass is 15.2. The van der Waals surface area contributed by atoms with Crippen LogP contribution >= 0.6 is 0 Å². The maximum atomic E-state index is 5.30. The Hall–Kier alpha value is -0.520. The molecular formula is C12H20N2. The van der Waals surface area contributed by atoms with Gasteiger partial charge in [0.25, 0.3) is 0 Å². The van der Waals surface area contributed by atoms with Crippen molar-refractivity contribution in [2.75, 3.05) is 26.2 Å². The molecule has 1 saturated carbocycles. The Kier molecular flexibility index (Phi) is 3.10. The van der Waals surface area contributed by atoms with E-state index < -0.39 is 0 Å². The molecule has 2 rings (SSSR count). The smallest absolute Gasteiger partial charge is 0.0309 e. The molecular weight excluding hydrogens is 172 g/mol. The fourth-order valence-corrected chi connectivity index (χ4v) is 2.84. The number of hydrogen-bond donors (Lipinski definition) is 1. The first-order valence-corrected chi connectivity index (χ1v) is 5.76. The number of hydrogen-bond acceptors (Lipinski definition) is 2. The molecule has 0 aromatic heterocycles. The molecule has 2 fully saturated rings. The third kappa shape index (κ3) is 2.10. The van der Waals surface area contributed by atoms with Crippen LogP contribution in [0.4, 0.5) is 0 Å². The van der Waals surface area contributed by atoms with Gasteiger partial charge in [-0.1, -0.05) is 12.8 Å². The van der Waals surface area contributed by atoms with E-state index in [-0.39, 0.29) is 0 Å². The highest BCUT2D eigenvalue weighted by molar-refractivity contribution is 4.98. The number of terminal acetylenes is 1. The Balaban J connectivity index is 1.87. The van der Waals surface area contributed by atoms with Crippen molar-refractivity contribution in [2.24, 2.45) is 0 Å². The standard InChI is InChI=1S/C12H20N2/c1-2-3-9-14-10-8-13-12(11-14)6-4-5-7-12/h1,13H,3-11H2. The molecule has 0 amide bonds. The molecule has 0 atom stereocenters. The van der Waals surface area contributed by atoms with Crippen molar-refractivity contribution in [2.45, 2.75) is 37.6 Å². The molecule has 0 aromatic carbocycles. The van der Waals surface area contributed by atoms with E-state index in [1.54, 1.807) is 0 Å². The van der Waals surface area contributed by atoms with Gasteiger partial charge in [0.15, 0.2) is 0 Å². The Labute approximate surface area is 87.1 Å². The third-order valence-electron chi connectivity index (χ3n) is 3.59. The lowest BCUT2D eigenvalue weighted by molar-refractivity contribution is 0.137. The van der Waals surface area contributed by atoms with Gasteiger partial charge in [-0.15, -0.1) is 12.3 Å². The highest BCUT2D eigenvalue weighted by Gasteiger charge is 2.37. The zero-order valence-electron chi connectivity index (χ0n) is 8.89. The zero-order valence-corrected chi connectivity index (χ0v) is 8.89. The number of rotatable bonds is 2. The summed E-state index contributed by atoms with van der Waals surface area (Å²) in [7, 11) is 0. The number of nitrogens with zero attached hydrogens (tertiary/aromatic N) is 1. The van der Waals surface area contributed by atoms with Crippen LogP contribution in [0.25, 0.3) is 0 Å². The summed E-state index contributed by atoms with van der Waals surface area (Å²) in [5.74, 6) is 2.73. The predicted octanol–water partition coefficient (Wildman–Crippen LogP) is 1.23. The van der Waals surface area contributed by atoms with Crippen LogP contribution in [0.2, 0.25) is 0 Å². The molecule has 2 nitrogen and oxygen atoms in total. The average molecular weight is 192 g/mol. The second-order valence-electron chi connectivity index (χ2n) is 4.64. The lowest BCUT2D eigenvalue weighted by Gasteiger charge is -2.41. The maximum absolute atomic E-state index is 5.30. The van der Waals surface area contributed by atoms with Gasteiger partial charge >= 0.3 is 0 Å². The highest BCUT2D eigenvalue weighted by Crippen LogP contribution is 2.31. The SMILES string of the molecule is C#CCCN1CCNC2(CCCC2)C1. The van der Waals surface area contributed by atoms with Crippen LogP contribution in [-0.4, -0.2) is 36.6 Å². The Morgan fingerprint density at radius 3 is 2.86 bits per heavy atom. The molecule has 1 heterocycles. The molecule has 1 aliphatic heterocycles. The summed E-state index contributed by atoms with van der Waals surface area (Å²) in [5, 5.41) is 3.71. The van der Waals surface area contributed by atoms with Crippen LogP contribution in [0.5, 0.6) is 0 Å². The molecule has 0 bridgehead atoms. The summed E-state index contributed by atoms with van der Waals surface area (Å²) >= 11 is 0. The van der Waals surface area contributed by atoms with Crippen LogP contribution < -0.4 is 5.32 Å². The predicted molar refractivity (Wildman–Crippen MR) is 59.1 cm³/mol. The molecule has 14 heavy (non-hydrogen) atoms.